The highest BCUT2D eigenvalue weighted by Crippen LogP contribution is 2.42. The van der Waals surface area contributed by atoms with Crippen molar-refractivity contribution in [3.8, 4) is 0 Å². The van der Waals surface area contributed by atoms with Gasteiger partial charge in [0.1, 0.15) is 0 Å². The predicted octanol–water partition coefficient (Wildman–Crippen LogP) is 4.48. The van der Waals surface area contributed by atoms with Gasteiger partial charge in [0, 0.05) is 17.3 Å². The molecule has 0 aliphatic carbocycles. The van der Waals surface area contributed by atoms with Gasteiger partial charge in [0.05, 0.1) is 11.0 Å². The number of hydrogen-bond donors (Lipinski definition) is 3. The van der Waals surface area contributed by atoms with E-state index in [1.54, 1.807) is 6.07 Å². The van der Waals surface area contributed by atoms with E-state index in [1.807, 2.05) is 62.4 Å². The first-order chi connectivity index (χ1) is 12.8. The summed E-state index contributed by atoms with van der Waals surface area (Å²) in [5.41, 5.74) is 7.41. The van der Waals surface area contributed by atoms with Gasteiger partial charge in [-0.15, -0.1) is 11.3 Å². The van der Waals surface area contributed by atoms with Crippen molar-refractivity contribution in [3.05, 3.63) is 70.6 Å². The van der Waals surface area contributed by atoms with E-state index < -0.39 is 13.4 Å². The molecule has 7 heteroatoms. The minimum atomic E-state index is -2.84. The van der Waals surface area contributed by atoms with Gasteiger partial charge in [-0.1, -0.05) is 36.4 Å². The van der Waals surface area contributed by atoms with Crippen molar-refractivity contribution < 1.29 is 9.36 Å². The number of amides is 1. The molecule has 0 spiro atoms. The lowest BCUT2D eigenvalue weighted by Crippen LogP contribution is -2.28. The van der Waals surface area contributed by atoms with Crippen LogP contribution in [0, 0.1) is 0 Å². The average Bonchev–Trinajstić information content (AvgIpc) is 3.04. The van der Waals surface area contributed by atoms with Crippen molar-refractivity contribution in [3.63, 3.8) is 0 Å². The maximum Gasteiger partial charge on any atom is 0.258 e. The Hall–Kier alpha value is -1.98. The van der Waals surface area contributed by atoms with Crippen LogP contribution in [0.5, 0.6) is 0 Å². The quantitative estimate of drug-likeness (QED) is 0.486. The van der Waals surface area contributed by atoms with Crippen LogP contribution in [-0.4, -0.2) is 11.9 Å². The van der Waals surface area contributed by atoms with Crippen LogP contribution in [-0.2, 0) is 17.3 Å². The molecule has 1 atom stereocenters. The van der Waals surface area contributed by atoms with E-state index in [2.05, 4.69) is 10.2 Å². The highest BCUT2D eigenvalue weighted by atomic mass is 32.1. The van der Waals surface area contributed by atoms with Crippen molar-refractivity contribution >= 4 is 34.8 Å². The molecule has 3 aromatic rings. The van der Waals surface area contributed by atoms with E-state index in [-0.39, 0.29) is 6.04 Å². The fourth-order valence-electron chi connectivity index (χ4n) is 2.95. The Morgan fingerprint density at radius 1 is 1.11 bits per heavy atom. The topological polar surface area (TPSA) is 84.2 Å². The smallest absolute Gasteiger partial charge is 0.258 e. The molecular weight excluding hydrogens is 377 g/mol. The van der Waals surface area contributed by atoms with Crippen LogP contribution in [0.4, 0.5) is 0 Å². The molecule has 1 unspecified atom stereocenters. The summed E-state index contributed by atoms with van der Waals surface area (Å²) in [5.74, 6) is -0.422. The molecule has 5 nitrogen and oxygen atoms in total. The Balaban J connectivity index is 1.81. The molecular formula is C20H24N3O2PS. The van der Waals surface area contributed by atoms with E-state index in [0.717, 1.165) is 21.2 Å². The molecule has 2 aromatic carbocycles. The van der Waals surface area contributed by atoms with Gasteiger partial charge in [0.25, 0.3) is 5.91 Å². The van der Waals surface area contributed by atoms with Gasteiger partial charge in [0.2, 0.25) is 7.44 Å². The lowest BCUT2D eigenvalue weighted by molar-refractivity contribution is 0.100. The van der Waals surface area contributed by atoms with Gasteiger partial charge < -0.3 is 5.73 Å². The number of thiophene rings is 1. The van der Waals surface area contributed by atoms with Gasteiger partial charge in [-0.25, -0.2) is 0 Å². The molecule has 0 saturated heterocycles. The van der Waals surface area contributed by atoms with Crippen molar-refractivity contribution in [1.29, 1.82) is 0 Å². The highest BCUT2D eigenvalue weighted by Gasteiger charge is 2.23. The summed E-state index contributed by atoms with van der Waals surface area (Å²) in [6, 6.07) is 17.7. The monoisotopic (exact) mass is 401 g/mol. The molecule has 3 rings (SSSR count). The largest absolute Gasteiger partial charge is 0.365 e. The normalized spacial score (nSPS) is 13.7. The summed E-state index contributed by atoms with van der Waals surface area (Å²) in [6.07, 6.45) is 0.385. The molecule has 4 N–H and O–H groups in total. The summed E-state index contributed by atoms with van der Waals surface area (Å²) in [6.45, 7) is 4.50. The lowest BCUT2D eigenvalue weighted by Gasteiger charge is -2.23. The number of benzene rings is 2. The first-order valence-electron chi connectivity index (χ1n) is 8.83. The number of nitrogens with two attached hydrogens (primary N) is 1. The number of hydrogen-bond acceptors (Lipinski definition) is 3. The predicted molar refractivity (Wildman–Crippen MR) is 113 cm³/mol. The highest BCUT2D eigenvalue weighted by molar-refractivity contribution is 7.59. The summed E-state index contributed by atoms with van der Waals surface area (Å²) >= 11 is 1.38. The Morgan fingerprint density at radius 3 is 2.52 bits per heavy atom. The third-order valence-electron chi connectivity index (χ3n) is 4.08. The lowest BCUT2D eigenvalue weighted by atomic mass is 10.2. The SMILES string of the molecule is CC(C)NP(=O)(Cc1ccc2sc(C(N)=O)cc2c1)NCc1ccccc1. The van der Waals surface area contributed by atoms with E-state index in [0.29, 0.717) is 17.6 Å². The Bertz CT molecular complexity index is 985. The van der Waals surface area contributed by atoms with E-state index in [1.165, 1.54) is 11.3 Å². The van der Waals surface area contributed by atoms with Crippen LogP contribution >= 0.6 is 18.8 Å². The zero-order valence-electron chi connectivity index (χ0n) is 15.4. The summed E-state index contributed by atoms with van der Waals surface area (Å²) in [5, 5.41) is 7.41. The van der Waals surface area contributed by atoms with Crippen LogP contribution in [0.25, 0.3) is 10.1 Å². The first kappa shape index (κ1) is 19.8. The van der Waals surface area contributed by atoms with Gasteiger partial charge in [0.15, 0.2) is 0 Å². The number of nitrogens with one attached hydrogen (secondary N) is 2. The van der Waals surface area contributed by atoms with Gasteiger partial charge in [-0.2, -0.15) is 0 Å². The van der Waals surface area contributed by atoms with Gasteiger partial charge in [-0.3, -0.25) is 19.5 Å². The molecule has 27 heavy (non-hydrogen) atoms. The molecule has 0 fully saturated rings. The standard InChI is InChI=1S/C20H24N3O2PS/c1-14(2)23-26(25,22-12-15-6-4-3-5-7-15)13-16-8-9-18-17(10-16)11-19(27-18)20(21)24/h3-11,14H,12-13H2,1-2H3,(H2,21,24)(H2,22,23,25). The minimum Gasteiger partial charge on any atom is -0.365 e. The van der Waals surface area contributed by atoms with Gasteiger partial charge in [-0.05, 0) is 48.6 Å². The third-order valence-corrected chi connectivity index (χ3v) is 7.62. The minimum absolute atomic E-state index is 0.0884. The third kappa shape index (κ3) is 5.27. The summed E-state index contributed by atoms with van der Waals surface area (Å²) in [4.78, 5) is 11.9. The number of fused-ring (bicyclic) bond motifs is 1. The van der Waals surface area contributed by atoms with Crippen LogP contribution in [0.3, 0.4) is 0 Å². The maximum absolute atomic E-state index is 13.5. The fourth-order valence-corrected chi connectivity index (χ4v) is 6.12. The molecule has 0 aliphatic heterocycles. The Labute approximate surface area is 163 Å². The number of rotatable bonds is 8. The average molecular weight is 401 g/mol. The van der Waals surface area contributed by atoms with Crippen LogP contribution in [0.1, 0.15) is 34.6 Å². The summed E-state index contributed by atoms with van der Waals surface area (Å²) < 4.78 is 14.5. The van der Waals surface area contributed by atoms with E-state index in [4.69, 9.17) is 5.73 Å². The van der Waals surface area contributed by atoms with Crippen LogP contribution in [0.15, 0.2) is 54.6 Å². The fraction of sp³-hybridized carbons (Fsp3) is 0.250. The molecule has 0 aliphatic rings. The zero-order chi connectivity index (χ0) is 19.4. The Morgan fingerprint density at radius 2 is 1.85 bits per heavy atom. The maximum atomic E-state index is 13.5. The number of carbonyl (C=O) groups is 1. The second-order valence-electron chi connectivity index (χ2n) is 6.85. The molecule has 0 saturated carbocycles. The van der Waals surface area contributed by atoms with Crippen molar-refractivity contribution in [2.75, 3.05) is 0 Å². The second-order valence-corrected chi connectivity index (χ2v) is 10.3. The molecule has 142 valence electrons. The molecule has 1 amide bonds. The van der Waals surface area contributed by atoms with Crippen molar-refractivity contribution in [2.24, 2.45) is 5.73 Å². The second kappa shape index (κ2) is 8.36. The zero-order valence-corrected chi connectivity index (χ0v) is 17.1. The Kier molecular flexibility index (Phi) is 6.12. The van der Waals surface area contributed by atoms with Crippen LogP contribution < -0.4 is 15.9 Å². The molecule has 0 radical (unpaired) electrons. The molecule has 1 heterocycles. The van der Waals surface area contributed by atoms with Crippen LogP contribution in [0.2, 0.25) is 0 Å². The molecule has 1 aromatic heterocycles. The van der Waals surface area contributed by atoms with Crippen molar-refractivity contribution in [1.82, 2.24) is 10.2 Å². The van der Waals surface area contributed by atoms with E-state index in [9.17, 15) is 9.36 Å². The molecule has 0 bridgehead atoms. The number of primary amides is 1. The number of carbonyl (C=O) groups excluding carboxylic acids is 1. The summed E-state index contributed by atoms with van der Waals surface area (Å²) in [7, 11) is -2.84. The van der Waals surface area contributed by atoms with Gasteiger partial charge >= 0.3 is 0 Å². The first-order valence-corrected chi connectivity index (χ1v) is 11.5. The van der Waals surface area contributed by atoms with Crippen molar-refractivity contribution in [2.45, 2.75) is 32.6 Å². The van der Waals surface area contributed by atoms with E-state index >= 15 is 0 Å².